The Balaban J connectivity index is 1.72. The highest BCUT2D eigenvalue weighted by Crippen LogP contribution is 2.38. The summed E-state index contributed by atoms with van der Waals surface area (Å²) in [5.41, 5.74) is 0.456. The van der Waals surface area contributed by atoms with Gasteiger partial charge in [0, 0.05) is 12.5 Å². The molecule has 1 aliphatic rings. The van der Waals surface area contributed by atoms with Crippen LogP contribution in [0.5, 0.6) is 17.2 Å². The molecule has 132 valence electrons. The van der Waals surface area contributed by atoms with Crippen LogP contribution in [0, 0.1) is 5.82 Å². The molecule has 0 spiro atoms. The summed E-state index contributed by atoms with van der Waals surface area (Å²) in [6.07, 6.45) is 0.756. The summed E-state index contributed by atoms with van der Waals surface area (Å²) in [5, 5.41) is 0.376. The van der Waals surface area contributed by atoms with Gasteiger partial charge in [-0.1, -0.05) is 11.6 Å². The topological polar surface area (TPSA) is 54.0 Å². The fourth-order valence-electron chi connectivity index (χ4n) is 2.38. The fourth-order valence-corrected chi connectivity index (χ4v) is 2.67. The Morgan fingerprint density at radius 2 is 2.04 bits per heavy atom. The molecule has 0 radical (unpaired) electrons. The highest BCUT2D eigenvalue weighted by molar-refractivity contribution is 6.32. The standard InChI is InChI=1S/C18H16ClFO5/c1-22-12-3-4-13(15(20)9-12)18(21)25-10-11-7-14(19)17-16(8-11)23-5-2-6-24-17/h3-4,7-9H,2,5-6,10H2,1H3. The largest absolute Gasteiger partial charge is 0.497 e. The van der Waals surface area contributed by atoms with Gasteiger partial charge in [0.2, 0.25) is 0 Å². The number of hydrogen-bond acceptors (Lipinski definition) is 5. The van der Waals surface area contributed by atoms with Gasteiger partial charge in [0.05, 0.1) is 30.9 Å². The van der Waals surface area contributed by atoms with Gasteiger partial charge >= 0.3 is 5.97 Å². The second-order valence-corrected chi connectivity index (χ2v) is 5.78. The van der Waals surface area contributed by atoms with E-state index in [9.17, 15) is 9.18 Å². The molecule has 5 nitrogen and oxygen atoms in total. The van der Waals surface area contributed by atoms with Crippen molar-refractivity contribution in [3.8, 4) is 17.2 Å². The van der Waals surface area contributed by atoms with Gasteiger partial charge in [0.15, 0.2) is 11.5 Å². The second kappa shape index (κ2) is 7.61. The third-order valence-electron chi connectivity index (χ3n) is 3.63. The average molecular weight is 367 g/mol. The molecular weight excluding hydrogens is 351 g/mol. The minimum atomic E-state index is -0.775. The van der Waals surface area contributed by atoms with Crippen LogP contribution in [0.1, 0.15) is 22.3 Å². The maximum Gasteiger partial charge on any atom is 0.341 e. The highest BCUT2D eigenvalue weighted by atomic mass is 35.5. The van der Waals surface area contributed by atoms with Crippen LogP contribution in [0.3, 0.4) is 0 Å². The van der Waals surface area contributed by atoms with Crippen LogP contribution < -0.4 is 14.2 Å². The van der Waals surface area contributed by atoms with E-state index >= 15 is 0 Å². The molecular formula is C18H16ClFO5. The molecule has 0 saturated carbocycles. The fraction of sp³-hybridized carbons (Fsp3) is 0.278. The first kappa shape index (κ1) is 17.4. The van der Waals surface area contributed by atoms with Crippen molar-refractivity contribution in [1.29, 1.82) is 0 Å². The molecule has 0 fully saturated rings. The molecule has 0 bridgehead atoms. The zero-order chi connectivity index (χ0) is 17.8. The first-order valence-corrected chi connectivity index (χ1v) is 8.05. The van der Waals surface area contributed by atoms with E-state index in [4.69, 9.17) is 30.5 Å². The molecule has 0 amide bonds. The van der Waals surface area contributed by atoms with Crippen LogP contribution in [0.2, 0.25) is 5.02 Å². The summed E-state index contributed by atoms with van der Waals surface area (Å²) < 4.78 is 35.1. The van der Waals surface area contributed by atoms with Crippen LogP contribution in [-0.4, -0.2) is 26.3 Å². The Hall–Kier alpha value is -2.47. The van der Waals surface area contributed by atoms with Crippen LogP contribution >= 0.6 is 11.6 Å². The van der Waals surface area contributed by atoms with E-state index in [0.717, 1.165) is 12.5 Å². The zero-order valence-electron chi connectivity index (χ0n) is 13.5. The SMILES string of the molecule is COc1ccc(C(=O)OCc2cc(Cl)c3c(c2)OCCCO3)c(F)c1. The maximum absolute atomic E-state index is 13.9. The Morgan fingerprint density at radius 1 is 1.24 bits per heavy atom. The van der Waals surface area contributed by atoms with E-state index in [0.29, 0.717) is 41.0 Å². The van der Waals surface area contributed by atoms with Gasteiger partial charge in [0.1, 0.15) is 18.2 Å². The minimum absolute atomic E-state index is 0.0688. The van der Waals surface area contributed by atoms with Crippen molar-refractivity contribution >= 4 is 17.6 Å². The number of benzene rings is 2. The predicted octanol–water partition coefficient (Wildman–Crippen LogP) is 4.01. The Morgan fingerprint density at radius 3 is 2.80 bits per heavy atom. The number of carbonyl (C=O) groups is 1. The van der Waals surface area contributed by atoms with E-state index in [-0.39, 0.29) is 12.2 Å². The molecule has 25 heavy (non-hydrogen) atoms. The Bertz CT molecular complexity index is 793. The van der Waals surface area contributed by atoms with Gasteiger partial charge < -0.3 is 18.9 Å². The number of carbonyl (C=O) groups excluding carboxylic acids is 1. The van der Waals surface area contributed by atoms with Crippen molar-refractivity contribution in [3.63, 3.8) is 0 Å². The lowest BCUT2D eigenvalue weighted by Crippen LogP contribution is -2.08. The monoisotopic (exact) mass is 366 g/mol. The lowest BCUT2D eigenvalue weighted by Gasteiger charge is -2.12. The summed E-state index contributed by atoms with van der Waals surface area (Å²) in [6.45, 7) is 0.974. The maximum atomic E-state index is 13.9. The molecule has 1 heterocycles. The normalized spacial score (nSPS) is 13.1. The first-order valence-electron chi connectivity index (χ1n) is 7.67. The smallest absolute Gasteiger partial charge is 0.341 e. The van der Waals surface area contributed by atoms with E-state index in [1.165, 1.54) is 19.2 Å². The molecule has 0 unspecified atom stereocenters. The van der Waals surface area contributed by atoms with Crippen LogP contribution in [-0.2, 0) is 11.3 Å². The molecule has 2 aromatic carbocycles. The van der Waals surface area contributed by atoms with E-state index in [2.05, 4.69) is 0 Å². The quantitative estimate of drug-likeness (QED) is 0.765. The van der Waals surface area contributed by atoms with Crippen LogP contribution in [0.15, 0.2) is 30.3 Å². The third-order valence-corrected chi connectivity index (χ3v) is 3.91. The molecule has 0 saturated heterocycles. The van der Waals surface area contributed by atoms with Crippen molar-refractivity contribution < 1.29 is 28.1 Å². The van der Waals surface area contributed by atoms with Gasteiger partial charge in [-0.05, 0) is 29.8 Å². The summed E-state index contributed by atoms with van der Waals surface area (Å²) in [5.74, 6) is -0.171. The Kier molecular flexibility index (Phi) is 5.28. The first-order chi connectivity index (χ1) is 12.1. The van der Waals surface area contributed by atoms with Crippen molar-refractivity contribution in [1.82, 2.24) is 0 Å². The summed E-state index contributed by atoms with van der Waals surface area (Å²) >= 11 is 6.19. The van der Waals surface area contributed by atoms with Gasteiger partial charge in [-0.2, -0.15) is 0 Å². The van der Waals surface area contributed by atoms with Gasteiger partial charge in [-0.3, -0.25) is 0 Å². The number of methoxy groups -OCH3 is 1. The molecule has 0 aliphatic carbocycles. The third kappa shape index (κ3) is 3.96. The van der Waals surface area contributed by atoms with Crippen molar-refractivity contribution in [2.45, 2.75) is 13.0 Å². The number of esters is 1. The van der Waals surface area contributed by atoms with Crippen molar-refractivity contribution in [3.05, 3.63) is 52.3 Å². The molecule has 0 aromatic heterocycles. The lowest BCUT2D eigenvalue weighted by molar-refractivity contribution is 0.0467. The van der Waals surface area contributed by atoms with Crippen molar-refractivity contribution in [2.24, 2.45) is 0 Å². The van der Waals surface area contributed by atoms with Gasteiger partial charge in [-0.25, -0.2) is 9.18 Å². The lowest BCUT2D eigenvalue weighted by atomic mass is 10.2. The predicted molar refractivity (Wildman–Crippen MR) is 89.1 cm³/mol. The summed E-state index contributed by atoms with van der Waals surface area (Å²) in [4.78, 5) is 12.1. The number of fused-ring (bicyclic) bond motifs is 1. The highest BCUT2D eigenvalue weighted by Gasteiger charge is 2.18. The second-order valence-electron chi connectivity index (χ2n) is 5.38. The zero-order valence-corrected chi connectivity index (χ0v) is 14.3. The van der Waals surface area contributed by atoms with Crippen molar-refractivity contribution in [2.75, 3.05) is 20.3 Å². The van der Waals surface area contributed by atoms with E-state index < -0.39 is 11.8 Å². The number of halogens is 2. The molecule has 0 atom stereocenters. The molecule has 3 rings (SSSR count). The van der Waals surface area contributed by atoms with E-state index in [1.54, 1.807) is 12.1 Å². The number of rotatable bonds is 4. The van der Waals surface area contributed by atoms with Crippen LogP contribution in [0.4, 0.5) is 4.39 Å². The molecule has 0 N–H and O–H groups in total. The summed E-state index contributed by atoms with van der Waals surface area (Å²) in [7, 11) is 1.42. The number of ether oxygens (including phenoxy) is 4. The molecule has 2 aromatic rings. The minimum Gasteiger partial charge on any atom is -0.497 e. The molecule has 1 aliphatic heterocycles. The van der Waals surface area contributed by atoms with Gasteiger partial charge in [0.25, 0.3) is 0 Å². The van der Waals surface area contributed by atoms with E-state index in [1.807, 2.05) is 0 Å². The average Bonchev–Trinajstić information content (AvgIpc) is 2.85. The number of hydrogen-bond donors (Lipinski definition) is 0. The van der Waals surface area contributed by atoms with Crippen LogP contribution in [0.25, 0.3) is 0 Å². The Labute approximate surface area is 149 Å². The summed E-state index contributed by atoms with van der Waals surface area (Å²) in [6, 6.07) is 7.26. The molecule has 7 heteroatoms. The van der Waals surface area contributed by atoms with Gasteiger partial charge in [-0.15, -0.1) is 0 Å².